The van der Waals surface area contributed by atoms with Crippen molar-refractivity contribution in [2.75, 3.05) is 0 Å². The Morgan fingerprint density at radius 3 is 1.70 bits per heavy atom. The predicted octanol–water partition coefficient (Wildman–Crippen LogP) is 6.39. The van der Waals surface area contributed by atoms with Crippen LogP contribution in [0.3, 0.4) is 0 Å². The van der Waals surface area contributed by atoms with Crippen molar-refractivity contribution in [2.24, 2.45) is 0 Å². The topological polar surface area (TPSA) is 118 Å². The van der Waals surface area contributed by atoms with Crippen LogP contribution in [-0.2, 0) is 45.7 Å². The van der Waals surface area contributed by atoms with Gasteiger partial charge in [0.1, 0.15) is 5.15 Å². The molecule has 0 amide bonds. The molecular formula is C34H38Cl2N4O4S2. The van der Waals surface area contributed by atoms with Crippen molar-refractivity contribution in [1.82, 2.24) is 19.4 Å². The molecule has 46 heavy (non-hydrogen) atoms. The van der Waals surface area contributed by atoms with Crippen molar-refractivity contribution in [2.45, 2.75) is 76.0 Å². The van der Waals surface area contributed by atoms with E-state index in [1.54, 1.807) is 40.1 Å². The van der Waals surface area contributed by atoms with E-state index in [0.717, 1.165) is 35.2 Å². The van der Waals surface area contributed by atoms with Gasteiger partial charge < -0.3 is 0 Å². The minimum absolute atomic E-state index is 0.0640. The van der Waals surface area contributed by atoms with Gasteiger partial charge >= 0.3 is 0 Å². The number of fused-ring (bicyclic) bond motifs is 2. The molecule has 0 spiro atoms. The second-order valence-corrected chi connectivity index (χ2v) is 17.6. The predicted molar refractivity (Wildman–Crippen MR) is 186 cm³/mol. The average molecular weight is 702 g/mol. The molecule has 2 aromatic carbocycles. The molecular weight excluding hydrogens is 663 g/mol. The van der Waals surface area contributed by atoms with E-state index < -0.39 is 30.5 Å². The van der Waals surface area contributed by atoms with Crippen LogP contribution in [0.2, 0.25) is 10.2 Å². The first kappa shape index (κ1) is 34.5. The molecule has 6 rings (SSSR count). The van der Waals surface area contributed by atoms with Gasteiger partial charge in [-0.2, -0.15) is 0 Å². The molecule has 12 heteroatoms. The average Bonchev–Trinajstić information content (AvgIpc) is 3.59. The van der Waals surface area contributed by atoms with Gasteiger partial charge in [-0.3, -0.25) is 4.98 Å². The maximum atomic E-state index is 12.0. The van der Waals surface area contributed by atoms with Gasteiger partial charge in [0.2, 0.25) is 20.0 Å². The zero-order valence-electron chi connectivity index (χ0n) is 26.2. The maximum absolute atomic E-state index is 12.0. The molecule has 244 valence electrons. The quantitative estimate of drug-likeness (QED) is 0.206. The van der Waals surface area contributed by atoms with Crippen LogP contribution in [0.4, 0.5) is 0 Å². The summed E-state index contributed by atoms with van der Waals surface area (Å²) in [6, 6.07) is 19.7. The number of sulfonamides is 2. The number of hydrogen-bond donors (Lipinski definition) is 2. The van der Waals surface area contributed by atoms with E-state index in [4.69, 9.17) is 23.2 Å². The lowest BCUT2D eigenvalue weighted by atomic mass is 10.0. The second-order valence-electron chi connectivity index (χ2n) is 12.3. The summed E-state index contributed by atoms with van der Waals surface area (Å²) in [5, 5.41) is 0.247. The molecule has 2 heterocycles. The van der Waals surface area contributed by atoms with E-state index >= 15 is 0 Å². The normalized spacial score (nSPS) is 17.5. The molecule has 8 nitrogen and oxygen atoms in total. The van der Waals surface area contributed by atoms with E-state index in [1.165, 1.54) is 22.3 Å². The van der Waals surface area contributed by atoms with Crippen LogP contribution in [0.15, 0.2) is 73.1 Å². The number of halogens is 2. The molecule has 0 aliphatic heterocycles. The zero-order chi connectivity index (χ0) is 33.2. The van der Waals surface area contributed by atoms with E-state index in [2.05, 4.69) is 43.7 Å². The smallest absolute Gasteiger partial charge is 0.214 e. The molecule has 0 saturated heterocycles. The van der Waals surface area contributed by atoms with Crippen LogP contribution < -0.4 is 9.44 Å². The maximum Gasteiger partial charge on any atom is 0.214 e. The number of nitrogens with one attached hydrogen (secondary N) is 2. The van der Waals surface area contributed by atoms with Crippen molar-refractivity contribution < 1.29 is 16.8 Å². The molecule has 2 aromatic heterocycles. The fraction of sp³-hybridized carbons (Fsp3) is 0.353. The zero-order valence-corrected chi connectivity index (χ0v) is 29.3. The van der Waals surface area contributed by atoms with Crippen molar-refractivity contribution >= 4 is 43.2 Å². The van der Waals surface area contributed by atoms with Gasteiger partial charge in [0.25, 0.3) is 0 Å². The number of benzene rings is 2. The third-order valence-corrected chi connectivity index (χ3v) is 12.6. The van der Waals surface area contributed by atoms with Crippen LogP contribution in [0.25, 0.3) is 22.4 Å². The van der Waals surface area contributed by atoms with Gasteiger partial charge in [0.15, 0.2) is 0 Å². The first-order chi connectivity index (χ1) is 21.7. The number of aromatic nitrogens is 2. The largest absolute Gasteiger partial charge is 0.255 e. The first-order valence-electron chi connectivity index (χ1n) is 15.2. The van der Waals surface area contributed by atoms with Crippen LogP contribution in [0, 0.1) is 0 Å². The molecule has 0 bridgehead atoms. The molecule has 2 atom stereocenters. The highest BCUT2D eigenvalue weighted by Crippen LogP contribution is 2.32. The van der Waals surface area contributed by atoms with Crippen LogP contribution in [-0.4, -0.2) is 49.4 Å². The molecule has 2 unspecified atom stereocenters. The summed E-state index contributed by atoms with van der Waals surface area (Å²) in [7, 11) is -6.49. The summed E-state index contributed by atoms with van der Waals surface area (Å²) in [5.74, 6) is 0. The van der Waals surface area contributed by atoms with Crippen molar-refractivity contribution in [3.63, 3.8) is 0 Å². The molecule has 2 N–H and O–H groups in total. The van der Waals surface area contributed by atoms with E-state index in [0.29, 0.717) is 23.0 Å². The lowest BCUT2D eigenvalue weighted by molar-refractivity contribution is 0.546. The summed E-state index contributed by atoms with van der Waals surface area (Å²) in [6.45, 7) is 6.75. The summed E-state index contributed by atoms with van der Waals surface area (Å²) < 4.78 is 53.7. The van der Waals surface area contributed by atoms with Gasteiger partial charge in [0.05, 0.1) is 21.2 Å². The van der Waals surface area contributed by atoms with Crippen LogP contribution in [0.5, 0.6) is 0 Å². The van der Waals surface area contributed by atoms with Gasteiger partial charge in [-0.05, 0) is 112 Å². The highest BCUT2D eigenvalue weighted by atomic mass is 35.5. The first-order valence-corrected chi connectivity index (χ1v) is 19.1. The molecule has 4 aromatic rings. The molecule has 0 radical (unpaired) electrons. The number of pyridine rings is 2. The van der Waals surface area contributed by atoms with Gasteiger partial charge in [-0.1, -0.05) is 53.5 Å². The Morgan fingerprint density at radius 1 is 0.674 bits per heavy atom. The summed E-state index contributed by atoms with van der Waals surface area (Å²) in [6.07, 6.45) is 6.16. The van der Waals surface area contributed by atoms with Crippen molar-refractivity contribution in [3.05, 3.63) is 105 Å². The Morgan fingerprint density at radius 2 is 1.20 bits per heavy atom. The van der Waals surface area contributed by atoms with Crippen LogP contribution >= 0.6 is 23.2 Å². The number of hydrogen-bond acceptors (Lipinski definition) is 6. The Bertz CT molecular complexity index is 1930. The SMILES string of the molecule is CC(C)S(=O)(=O)NC1Cc2ccc(-c3ccc(Cl)cn3)cc2C1.CC(C)S(=O)(=O)NC1Cc2ccc(-c3cccnc3Cl)cc2C1. The van der Waals surface area contributed by atoms with Gasteiger partial charge in [0, 0.05) is 35.6 Å². The second kappa shape index (κ2) is 14.1. The minimum atomic E-state index is -3.25. The number of nitrogens with zero attached hydrogens (tertiary/aromatic N) is 2. The number of rotatable bonds is 8. The summed E-state index contributed by atoms with van der Waals surface area (Å²) >= 11 is 12.0. The van der Waals surface area contributed by atoms with Crippen molar-refractivity contribution in [1.29, 1.82) is 0 Å². The van der Waals surface area contributed by atoms with E-state index in [1.807, 2.05) is 36.4 Å². The Labute approximate surface area is 282 Å². The van der Waals surface area contributed by atoms with Crippen molar-refractivity contribution in [3.8, 4) is 22.4 Å². The lowest BCUT2D eigenvalue weighted by Crippen LogP contribution is -2.39. The molecule has 0 saturated carbocycles. The molecule has 0 fully saturated rings. The highest BCUT2D eigenvalue weighted by molar-refractivity contribution is 7.90. The summed E-state index contributed by atoms with van der Waals surface area (Å²) in [4.78, 5) is 8.44. The standard InChI is InChI=1S/2C17H19ClN2O2S/c1-11(2)23(21,22)20-16-8-12-3-4-13(7-14(12)9-16)17-6-5-15(18)10-19-17;1-11(2)23(21,22)20-15-9-12-5-6-13(8-14(12)10-15)16-4-3-7-19-17(16)18/h3-7,10-11,16,20H,8-9H2,1-2H3;3-8,11,15,20H,9-10H2,1-2H3. The van der Waals surface area contributed by atoms with Crippen LogP contribution in [0.1, 0.15) is 49.9 Å². The third kappa shape index (κ3) is 8.16. The summed E-state index contributed by atoms with van der Waals surface area (Å²) in [5.41, 5.74) is 8.51. The van der Waals surface area contributed by atoms with E-state index in [9.17, 15) is 16.8 Å². The molecule has 2 aliphatic carbocycles. The Balaban J connectivity index is 0.000000181. The van der Waals surface area contributed by atoms with Gasteiger partial charge in [-0.25, -0.2) is 31.3 Å². The van der Waals surface area contributed by atoms with Gasteiger partial charge in [-0.15, -0.1) is 0 Å². The lowest BCUT2D eigenvalue weighted by Gasteiger charge is -2.14. The van der Waals surface area contributed by atoms with E-state index in [-0.39, 0.29) is 12.1 Å². The third-order valence-electron chi connectivity index (χ3n) is 8.27. The minimum Gasteiger partial charge on any atom is -0.255 e. The molecule has 2 aliphatic rings. The highest BCUT2D eigenvalue weighted by Gasteiger charge is 2.28. The fourth-order valence-electron chi connectivity index (χ4n) is 5.61. The fourth-order valence-corrected chi connectivity index (χ4v) is 7.76. The Hall–Kier alpha value is -2.86. The Kier molecular flexibility index (Phi) is 10.6. The monoisotopic (exact) mass is 700 g/mol.